The molecular formula is C13H25N3O. The molecule has 0 saturated carbocycles. The highest BCUT2D eigenvalue weighted by Gasteiger charge is 2.29. The van der Waals surface area contributed by atoms with Crippen molar-refractivity contribution in [2.24, 2.45) is 5.84 Å². The van der Waals surface area contributed by atoms with Crippen molar-refractivity contribution in [1.82, 2.24) is 10.3 Å². The molecular weight excluding hydrogens is 214 g/mol. The van der Waals surface area contributed by atoms with Gasteiger partial charge in [0, 0.05) is 13.1 Å². The summed E-state index contributed by atoms with van der Waals surface area (Å²) in [6.45, 7) is 6.15. The molecule has 3 N–H and O–H groups in total. The molecule has 98 valence electrons. The van der Waals surface area contributed by atoms with Crippen LogP contribution < -0.4 is 11.3 Å². The Labute approximate surface area is 104 Å². The van der Waals surface area contributed by atoms with Crippen molar-refractivity contribution in [2.45, 2.75) is 44.8 Å². The molecule has 1 fully saturated rings. The Morgan fingerprint density at radius 1 is 1.59 bits per heavy atom. The van der Waals surface area contributed by atoms with Crippen molar-refractivity contribution < 1.29 is 4.74 Å². The van der Waals surface area contributed by atoms with E-state index in [0.29, 0.717) is 0 Å². The smallest absolute Gasteiger partial charge is 0.0906 e. The molecule has 0 aromatic carbocycles. The van der Waals surface area contributed by atoms with Gasteiger partial charge in [0.2, 0.25) is 0 Å². The van der Waals surface area contributed by atoms with Gasteiger partial charge in [-0.1, -0.05) is 18.6 Å². The van der Waals surface area contributed by atoms with Gasteiger partial charge >= 0.3 is 0 Å². The summed E-state index contributed by atoms with van der Waals surface area (Å²) in [5.74, 6) is 5.73. The molecule has 0 radical (unpaired) electrons. The number of hydrazine groups is 1. The largest absolute Gasteiger partial charge is 0.374 e. The maximum absolute atomic E-state index is 5.89. The minimum absolute atomic E-state index is 0.199. The molecule has 1 heterocycles. The third-order valence-corrected chi connectivity index (χ3v) is 3.90. The minimum Gasteiger partial charge on any atom is -0.374 e. The molecule has 2 unspecified atom stereocenters. The fourth-order valence-corrected chi connectivity index (χ4v) is 2.82. The summed E-state index contributed by atoms with van der Waals surface area (Å²) in [5, 5.41) is 0. The fourth-order valence-electron chi connectivity index (χ4n) is 2.82. The Bertz CT molecular complexity index is 267. The number of rotatable bonds is 4. The molecule has 0 spiro atoms. The normalized spacial score (nSPS) is 28.8. The van der Waals surface area contributed by atoms with Crippen molar-refractivity contribution in [3.63, 3.8) is 0 Å². The molecule has 0 bridgehead atoms. The SMILES string of the molecule is CCN1CCOC(C(NN)C2=CCCCC2)C1. The van der Waals surface area contributed by atoms with Gasteiger partial charge in [-0.15, -0.1) is 0 Å². The van der Waals surface area contributed by atoms with E-state index in [4.69, 9.17) is 10.6 Å². The lowest BCUT2D eigenvalue weighted by Gasteiger charge is -2.37. The predicted octanol–water partition coefficient (Wildman–Crippen LogP) is 1.04. The quantitative estimate of drug-likeness (QED) is 0.437. The Kier molecular flexibility index (Phi) is 4.98. The zero-order valence-corrected chi connectivity index (χ0v) is 10.8. The molecule has 4 heteroatoms. The van der Waals surface area contributed by atoms with Crippen LogP contribution >= 0.6 is 0 Å². The highest BCUT2D eigenvalue weighted by Crippen LogP contribution is 2.24. The number of likely N-dealkylation sites (N-methyl/N-ethyl adjacent to an activating group) is 1. The van der Waals surface area contributed by atoms with E-state index in [-0.39, 0.29) is 12.1 Å². The molecule has 0 aromatic rings. The van der Waals surface area contributed by atoms with E-state index < -0.39 is 0 Å². The Morgan fingerprint density at radius 3 is 3.12 bits per heavy atom. The van der Waals surface area contributed by atoms with E-state index in [1.54, 1.807) is 0 Å². The number of allylic oxidation sites excluding steroid dienone is 1. The number of morpholine rings is 1. The molecule has 1 aliphatic heterocycles. The van der Waals surface area contributed by atoms with Gasteiger partial charge < -0.3 is 4.74 Å². The van der Waals surface area contributed by atoms with Crippen LogP contribution in [0.2, 0.25) is 0 Å². The molecule has 1 aliphatic carbocycles. The third kappa shape index (κ3) is 3.28. The van der Waals surface area contributed by atoms with Crippen molar-refractivity contribution in [1.29, 1.82) is 0 Å². The average molecular weight is 239 g/mol. The van der Waals surface area contributed by atoms with Crippen LogP contribution in [0.4, 0.5) is 0 Å². The first-order valence-corrected chi connectivity index (χ1v) is 6.84. The van der Waals surface area contributed by atoms with E-state index >= 15 is 0 Å². The number of ether oxygens (including phenoxy) is 1. The standard InChI is InChI=1S/C13H25N3O/c1-2-16-8-9-17-12(10-16)13(15-14)11-6-4-3-5-7-11/h6,12-13,15H,2-5,7-10,14H2,1H3. The first-order chi connectivity index (χ1) is 8.35. The van der Waals surface area contributed by atoms with E-state index in [0.717, 1.165) is 26.2 Å². The Morgan fingerprint density at radius 2 is 2.47 bits per heavy atom. The predicted molar refractivity (Wildman–Crippen MR) is 69.5 cm³/mol. The first-order valence-electron chi connectivity index (χ1n) is 6.84. The lowest BCUT2D eigenvalue weighted by Crippen LogP contribution is -2.54. The molecule has 2 rings (SSSR count). The lowest BCUT2D eigenvalue weighted by molar-refractivity contribution is -0.0395. The third-order valence-electron chi connectivity index (χ3n) is 3.90. The molecule has 0 amide bonds. The van der Waals surface area contributed by atoms with Crippen LogP contribution in [0, 0.1) is 0 Å². The van der Waals surface area contributed by atoms with Crippen LogP contribution in [0.5, 0.6) is 0 Å². The maximum atomic E-state index is 5.89. The highest BCUT2D eigenvalue weighted by atomic mass is 16.5. The number of nitrogens with one attached hydrogen (secondary N) is 1. The van der Waals surface area contributed by atoms with Crippen LogP contribution in [-0.2, 0) is 4.74 Å². The van der Waals surface area contributed by atoms with Crippen molar-refractivity contribution in [3.8, 4) is 0 Å². The van der Waals surface area contributed by atoms with Gasteiger partial charge in [0.25, 0.3) is 0 Å². The topological polar surface area (TPSA) is 50.5 Å². The second-order valence-corrected chi connectivity index (χ2v) is 4.97. The molecule has 1 saturated heterocycles. The van der Waals surface area contributed by atoms with E-state index in [1.807, 2.05) is 0 Å². The van der Waals surface area contributed by atoms with Crippen molar-refractivity contribution >= 4 is 0 Å². The first kappa shape index (κ1) is 13.0. The summed E-state index contributed by atoms with van der Waals surface area (Å²) in [6.07, 6.45) is 7.51. The Balaban J connectivity index is 1.99. The summed E-state index contributed by atoms with van der Waals surface area (Å²) in [5.41, 5.74) is 4.41. The number of hydrogen-bond donors (Lipinski definition) is 2. The molecule has 0 aromatic heterocycles. The average Bonchev–Trinajstić information content (AvgIpc) is 2.41. The Hall–Kier alpha value is -0.420. The van der Waals surface area contributed by atoms with Crippen LogP contribution in [-0.4, -0.2) is 43.3 Å². The van der Waals surface area contributed by atoms with Gasteiger partial charge in [0.1, 0.15) is 0 Å². The summed E-state index contributed by atoms with van der Waals surface area (Å²) in [6, 6.07) is 0.199. The van der Waals surface area contributed by atoms with Gasteiger partial charge in [0.05, 0.1) is 18.8 Å². The molecule has 2 atom stereocenters. The van der Waals surface area contributed by atoms with E-state index in [9.17, 15) is 0 Å². The van der Waals surface area contributed by atoms with Crippen LogP contribution in [0.1, 0.15) is 32.6 Å². The van der Waals surface area contributed by atoms with Crippen LogP contribution in [0.25, 0.3) is 0 Å². The number of nitrogens with zero attached hydrogens (tertiary/aromatic N) is 1. The zero-order chi connectivity index (χ0) is 12.1. The minimum atomic E-state index is 0.199. The zero-order valence-electron chi connectivity index (χ0n) is 10.8. The van der Waals surface area contributed by atoms with Gasteiger partial charge in [-0.2, -0.15) is 0 Å². The second kappa shape index (κ2) is 6.50. The summed E-state index contributed by atoms with van der Waals surface area (Å²) in [7, 11) is 0. The van der Waals surface area contributed by atoms with E-state index in [1.165, 1.54) is 31.3 Å². The fraction of sp³-hybridized carbons (Fsp3) is 0.846. The summed E-state index contributed by atoms with van der Waals surface area (Å²) < 4.78 is 5.89. The highest BCUT2D eigenvalue weighted by molar-refractivity contribution is 5.15. The van der Waals surface area contributed by atoms with Gasteiger partial charge in [-0.25, -0.2) is 0 Å². The summed E-state index contributed by atoms with van der Waals surface area (Å²) in [4.78, 5) is 2.43. The van der Waals surface area contributed by atoms with Crippen LogP contribution in [0.15, 0.2) is 11.6 Å². The molecule has 17 heavy (non-hydrogen) atoms. The van der Waals surface area contributed by atoms with Crippen molar-refractivity contribution in [3.05, 3.63) is 11.6 Å². The van der Waals surface area contributed by atoms with Gasteiger partial charge in [0.15, 0.2) is 0 Å². The summed E-state index contributed by atoms with van der Waals surface area (Å²) >= 11 is 0. The lowest BCUT2D eigenvalue weighted by atomic mass is 9.90. The molecule has 4 nitrogen and oxygen atoms in total. The number of nitrogens with two attached hydrogens (primary N) is 1. The van der Waals surface area contributed by atoms with Gasteiger partial charge in [-0.3, -0.25) is 16.2 Å². The van der Waals surface area contributed by atoms with Gasteiger partial charge in [-0.05, 0) is 32.2 Å². The van der Waals surface area contributed by atoms with Crippen molar-refractivity contribution in [2.75, 3.05) is 26.2 Å². The molecule has 2 aliphatic rings. The van der Waals surface area contributed by atoms with E-state index in [2.05, 4.69) is 23.3 Å². The van der Waals surface area contributed by atoms with Crippen LogP contribution in [0.3, 0.4) is 0 Å². The maximum Gasteiger partial charge on any atom is 0.0906 e. The monoisotopic (exact) mass is 239 g/mol. The number of hydrogen-bond acceptors (Lipinski definition) is 4. The second-order valence-electron chi connectivity index (χ2n) is 4.97.